The molecular weight excluding hydrogens is 221 g/mol. The molecule has 0 atom stereocenters. The SMILES string of the molecule is COc1cc(-c2ccc(C=O)cn2)ccc1F. The smallest absolute Gasteiger partial charge is 0.165 e. The van der Waals surface area contributed by atoms with Crippen molar-refractivity contribution >= 4 is 6.29 Å². The van der Waals surface area contributed by atoms with Gasteiger partial charge >= 0.3 is 0 Å². The zero-order valence-electron chi connectivity index (χ0n) is 9.18. The summed E-state index contributed by atoms with van der Waals surface area (Å²) in [7, 11) is 1.41. The average molecular weight is 231 g/mol. The van der Waals surface area contributed by atoms with Crippen molar-refractivity contribution in [3.63, 3.8) is 0 Å². The zero-order valence-corrected chi connectivity index (χ0v) is 9.18. The van der Waals surface area contributed by atoms with Crippen molar-refractivity contribution in [2.45, 2.75) is 0 Å². The van der Waals surface area contributed by atoms with Crippen LogP contribution in [0.3, 0.4) is 0 Å². The molecule has 0 N–H and O–H groups in total. The monoisotopic (exact) mass is 231 g/mol. The molecule has 0 amide bonds. The molecule has 0 unspecified atom stereocenters. The van der Waals surface area contributed by atoms with Gasteiger partial charge in [-0.15, -0.1) is 0 Å². The molecule has 0 aliphatic heterocycles. The highest BCUT2D eigenvalue weighted by Gasteiger charge is 2.06. The molecule has 0 bridgehead atoms. The second-order valence-electron chi connectivity index (χ2n) is 3.44. The number of aldehydes is 1. The lowest BCUT2D eigenvalue weighted by Gasteiger charge is -2.05. The van der Waals surface area contributed by atoms with E-state index in [1.807, 2.05) is 0 Å². The van der Waals surface area contributed by atoms with Crippen molar-refractivity contribution in [1.82, 2.24) is 4.98 Å². The number of aromatic nitrogens is 1. The van der Waals surface area contributed by atoms with Crippen LogP contribution in [0.2, 0.25) is 0 Å². The number of carbonyl (C=O) groups excluding carboxylic acids is 1. The first-order valence-corrected chi connectivity index (χ1v) is 4.99. The number of nitrogens with zero attached hydrogens (tertiary/aromatic N) is 1. The maximum atomic E-state index is 13.2. The van der Waals surface area contributed by atoms with Gasteiger partial charge in [0.25, 0.3) is 0 Å². The lowest BCUT2D eigenvalue weighted by Crippen LogP contribution is -1.90. The molecule has 1 aromatic carbocycles. The Balaban J connectivity index is 2.41. The number of methoxy groups -OCH3 is 1. The number of benzene rings is 1. The molecule has 0 radical (unpaired) electrons. The van der Waals surface area contributed by atoms with E-state index in [-0.39, 0.29) is 5.75 Å². The molecule has 2 aromatic rings. The minimum absolute atomic E-state index is 0.170. The van der Waals surface area contributed by atoms with Gasteiger partial charge in [-0.2, -0.15) is 0 Å². The van der Waals surface area contributed by atoms with Crippen LogP contribution in [0.15, 0.2) is 36.5 Å². The third-order valence-corrected chi connectivity index (χ3v) is 2.37. The summed E-state index contributed by atoms with van der Waals surface area (Å²) < 4.78 is 18.1. The first kappa shape index (κ1) is 11.3. The van der Waals surface area contributed by atoms with Gasteiger partial charge in [0, 0.05) is 17.3 Å². The maximum absolute atomic E-state index is 13.2. The van der Waals surface area contributed by atoms with Crippen LogP contribution in [0.25, 0.3) is 11.3 Å². The Bertz CT molecular complexity index is 538. The van der Waals surface area contributed by atoms with E-state index in [4.69, 9.17) is 4.74 Å². The Morgan fingerprint density at radius 3 is 2.71 bits per heavy atom. The number of hydrogen-bond donors (Lipinski definition) is 0. The third-order valence-electron chi connectivity index (χ3n) is 2.37. The molecule has 0 spiro atoms. The van der Waals surface area contributed by atoms with Gasteiger partial charge in [0.2, 0.25) is 0 Å². The molecule has 0 saturated heterocycles. The van der Waals surface area contributed by atoms with Crippen LogP contribution in [0.1, 0.15) is 10.4 Å². The highest BCUT2D eigenvalue weighted by Crippen LogP contribution is 2.24. The molecule has 1 heterocycles. The Kier molecular flexibility index (Phi) is 3.14. The second-order valence-corrected chi connectivity index (χ2v) is 3.44. The normalized spacial score (nSPS) is 10.0. The van der Waals surface area contributed by atoms with E-state index in [2.05, 4.69) is 4.98 Å². The van der Waals surface area contributed by atoms with Gasteiger partial charge in [0.15, 0.2) is 17.9 Å². The third kappa shape index (κ3) is 2.30. The standard InChI is InChI=1S/C13H10FNO2/c1-17-13-6-10(3-4-11(13)14)12-5-2-9(8-16)7-15-12/h2-8H,1H3. The molecular formula is C13H10FNO2. The molecule has 17 heavy (non-hydrogen) atoms. The fourth-order valence-corrected chi connectivity index (χ4v) is 1.46. The molecule has 1 aromatic heterocycles. The summed E-state index contributed by atoms with van der Waals surface area (Å²) in [6.45, 7) is 0. The van der Waals surface area contributed by atoms with Crippen molar-refractivity contribution in [2.24, 2.45) is 0 Å². The molecule has 2 rings (SSSR count). The number of hydrogen-bond acceptors (Lipinski definition) is 3. The van der Waals surface area contributed by atoms with E-state index in [9.17, 15) is 9.18 Å². The molecule has 0 aliphatic rings. The quantitative estimate of drug-likeness (QED) is 0.762. The van der Waals surface area contributed by atoms with E-state index >= 15 is 0 Å². The predicted molar refractivity (Wildman–Crippen MR) is 61.6 cm³/mol. The van der Waals surface area contributed by atoms with Crippen LogP contribution in [0, 0.1) is 5.82 Å². The Morgan fingerprint density at radius 2 is 2.12 bits per heavy atom. The van der Waals surface area contributed by atoms with Crippen molar-refractivity contribution in [1.29, 1.82) is 0 Å². The van der Waals surface area contributed by atoms with Gasteiger partial charge in [-0.3, -0.25) is 9.78 Å². The number of ether oxygens (including phenoxy) is 1. The molecule has 86 valence electrons. The fraction of sp³-hybridized carbons (Fsp3) is 0.0769. The summed E-state index contributed by atoms with van der Waals surface area (Å²) in [5, 5.41) is 0. The van der Waals surface area contributed by atoms with Gasteiger partial charge in [0.1, 0.15) is 0 Å². The van der Waals surface area contributed by atoms with E-state index in [1.165, 1.54) is 19.4 Å². The first-order valence-electron chi connectivity index (χ1n) is 4.99. The van der Waals surface area contributed by atoms with Crippen molar-refractivity contribution in [2.75, 3.05) is 7.11 Å². The number of rotatable bonds is 3. The Morgan fingerprint density at radius 1 is 1.29 bits per heavy atom. The molecule has 0 saturated carbocycles. The van der Waals surface area contributed by atoms with Gasteiger partial charge < -0.3 is 4.74 Å². The summed E-state index contributed by atoms with van der Waals surface area (Å²) in [6.07, 6.45) is 2.19. The summed E-state index contributed by atoms with van der Waals surface area (Å²) in [5.74, 6) is -0.246. The number of halogens is 1. The van der Waals surface area contributed by atoms with E-state index < -0.39 is 5.82 Å². The summed E-state index contributed by atoms with van der Waals surface area (Å²) in [4.78, 5) is 14.6. The lowest BCUT2D eigenvalue weighted by molar-refractivity contribution is 0.112. The average Bonchev–Trinajstić information content (AvgIpc) is 2.39. The van der Waals surface area contributed by atoms with Crippen molar-refractivity contribution in [3.05, 3.63) is 47.9 Å². The minimum atomic E-state index is -0.416. The van der Waals surface area contributed by atoms with Crippen LogP contribution in [-0.2, 0) is 0 Å². The van der Waals surface area contributed by atoms with Crippen LogP contribution >= 0.6 is 0 Å². The predicted octanol–water partition coefficient (Wildman–Crippen LogP) is 2.71. The summed E-state index contributed by atoms with van der Waals surface area (Å²) in [6, 6.07) is 7.87. The molecule has 0 fully saturated rings. The fourth-order valence-electron chi connectivity index (χ4n) is 1.46. The van der Waals surface area contributed by atoms with E-state index in [1.54, 1.807) is 24.3 Å². The maximum Gasteiger partial charge on any atom is 0.165 e. The van der Waals surface area contributed by atoms with Gasteiger partial charge in [0.05, 0.1) is 12.8 Å². The largest absolute Gasteiger partial charge is 0.494 e. The summed E-state index contributed by atoms with van der Waals surface area (Å²) >= 11 is 0. The highest BCUT2D eigenvalue weighted by atomic mass is 19.1. The van der Waals surface area contributed by atoms with Gasteiger partial charge in [-0.1, -0.05) is 0 Å². The molecule has 0 aliphatic carbocycles. The van der Waals surface area contributed by atoms with Crippen molar-refractivity contribution < 1.29 is 13.9 Å². The van der Waals surface area contributed by atoms with Gasteiger partial charge in [-0.25, -0.2) is 4.39 Å². The number of pyridine rings is 1. The summed E-state index contributed by atoms with van der Waals surface area (Å²) in [5.41, 5.74) is 1.90. The first-order chi connectivity index (χ1) is 8.24. The van der Waals surface area contributed by atoms with Crippen LogP contribution in [0.4, 0.5) is 4.39 Å². The van der Waals surface area contributed by atoms with Gasteiger partial charge in [-0.05, 0) is 30.3 Å². The highest BCUT2D eigenvalue weighted by molar-refractivity contribution is 5.75. The lowest BCUT2D eigenvalue weighted by atomic mass is 10.1. The Labute approximate surface area is 97.9 Å². The molecule has 4 heteroatoms. The van der Waals surface area contributed by atoms with Crippen molar-refractivity contribution in [3.8, 4) is 17.0 Å². The van der Waals surface area contributed by atoms with E-state index in [0.717, 1.165) is 11.8 Å². The number of carbonyl (C=O) groups is 1. The van der Waals surface area contributed by atoms with Crippen LogP contribution in [-0.4, -0.2) is 18.4 Å². The topological polar surface area (TPSA) is 39.2 Å². The van der Waals surface area contributed by atoms with E-state index in [0.29, 0.717) is 11.3 Å². The zero-order chi connectivity index (χ0) is 12.3. The molecule has 3 nitrogen and oxygen atoms in total. The van der Waals surface area contributed by atoms with Crippen LogP contribution in [0.5, 0.6) is 5.75 Å². The second kappa shape index (κ2) is 4.74. The minimum Gasteiger partial charge on any atom is -0.494 e. The Hall–Kier alpha value is -2.23. The van der Waals surface area contributed by atoms with Crippen LogP contribution < -0.4 is 4.74 Å².